The van der Waals surface area contributed by atoms with Crippen LogP contribution in [0.25, 0.3) is 0 Å². The van der Waals surface area contributed by atoms with Crippen LogP contribution >= 0.6 is 39.0 Å². The Balaban J connectivity index is 1.75. The molecule has 0 unspecified atom stereocenters. The van der Waals surface area contributed by atoms with Gasteiger partial charge in [-0.1, -0.05) is 12.1 Å². The van der Waals surface area contributed by atoms with Crippen molar-refractivity contribution in [2.24, 2.45) is 0 Å². The van der Waals surface area contributed by atoms with Crippen molar-refractivity contribution in [3.63, 3.8) is 0 Å². The average molecular weight is 343 g/mol. The van der Waals surface area contributed by atoms with E-state index in [1.54, 1.807) is 18.0 Å². The van der Waals surface area contributed by atoms with E-state index in [9.17, 15) is 4.79 Å². The normalized spacial score (nSPS) is 10.3. The zero-order valence-electron chi connectivity index (χ0n) is 9.43. The minimum Gasteiger partial charge on any atom is -0.302 e. The fraction of sp³-hybridized carbons (Fsp3) is 0.167. The van der Waals surface area contributed by atoms with E-state index in [0.717, 1.165) is 15.1 Å². The number of hydrogen-bond donors (Lipinski definition) is 1. The van der Waals surface area contributed by atoms with Crippen LogP contribution in [0.1, 0.15) is 6.42 Å². The molecule has 0 aliphatic rings. The van der Waals surface area contributed by atoms with Gasteiger partial charge in [0, 0.05) is 33.1 Å². The minimum atomic E-state index is 0.00417. The largest absolute Gasteiger partial charge is 0.302 e. The number of nitrogens with zero attached hydrogens (tertiary/aromatic N) is 1. The van der Waals surface area contributed by atoms with Crippen LogP contribution in [0.5, 0.6) is 0 Å². The number of hydrogen-bond acceptors (Lipinski definition) is 4. The maximum atomic E-state index is 11.6. The van der Waals surface area contributed by atoms with Crippen molar-refractivity contribution in [1.82, 2.24) is 4.98 Å². The molecular formula is C12H11BrN2OS2. The highest BCUT2D eigenvalue weighted by Crippen LogP contribution is 2.27. The lowest BCUT2D eigenvalue weighted by molar-refractivity contribution is -0.115. The first-order valence-corrected chi connectivity index (χ1v) is 7.98. The summed E-state index contributed by atoms with van der Waals surface area (Å²) in [7, 11) is 0. The Labute approximate surface area is 122 Å². The second kappa shape index (κ2) is 6.92. The molecule has 2 aromatic rings. The molecule has 3 nitrogen and oxygen atoms in total. The van der Waals surface area contributed by atoms with Gasteiger partial charge in [0.25, 0.3) is 0 Å². The molecule has 6 heteroatoms. The summed E-state index contributed by atoms with van der Waals surface area (Å²) in [5.74, 6) is 0.754. The molecule has 1 aromatic carbocycles. The maximum absolute atomic E-state index is 11.6. The van der Waals surface area contributed by atoms with E-state index < -0.39 is 0 Å². The van der Waals surface area contributed by atoms with Gasteiger partial charge in [0.1, 0.15) is 0 Å². The van der Waals surface area contributed by atoms with E-state index in [0.29, 0.717) is 11.6 Å². The lowest BCUT2D eigenvalue weighted by atomic mass is 10.4. The molecule has 18 heavy (non-hydrogen) atoms. The van der Waals surface area contributed by atoms with Gasteiger partial charge in [0.15, 0.2) is 5.13 Å². The average Bonchev–Trinajstić information content (AvgIpc) is 2.84. The number of rotatable bonds is 5. The molecule has 0 bridgehead atoms. The number of nitrogens with one attached hydrogen (secondary N) is 1. The lowest BCUT2D eigenvalue weighted by Crippen LogP contribution is -2.11. The van der Waals surface area contributed by atoms with Gasteiger partial charge in [-0.3, -0.25) is 4.79 Å². The van der Waals surface area contributed by atoms with Gasteiger partial charge < -0.3 is 5.32 Å². The second-order valence-electron chi connectivity index (χ2n) is 3.41. The summed E-state index contributed by atoms with van der Waals surface area (Å²) in [6.45, 7) is 0. The van der Waals surface area contributed by atoms with Gasteiger partial charge in [-0.2, -0.15) is 0 Å². The SMILES string of the molecule is O=C(CCSc1ccccc1Br)Nc1nccs1. The maximum Gasteiger partial charge on any atom is 0.226 e. The fourth-order valence-electron chi connectivity index (χ4n) is 1.28. The first-order valence-electron chi connectivity index (χ1n) is 5.32. The van der Waals surface area contributed by atoms with Crippen LogP contribution in [-0.4, -0.2) is 16.6 Å². The molecule has 0 saturated carbocycles. The molecule has 0 aliphatic heterocycles. The van der Waals surface area contributed by atoms with Crippen molar-refractivity contribution in [2.75, 3.05) is 11.1 Å². The molecule has 1 amide bonds. The number of thioether (sulfide) groups is 1. The molecule has 2 rings (SSSR count). The van der Waals surface area contributed by atoms with Gasteiger partial charge in [-0.15, -0.1) is 23.1 Å². The first kappa shape index (κ1) is 13.6. The highest BCUT2D eigenvalue weighted by molar-refractivity contribution is 9.10. The Hall–Kier alpha value is -0.850. The van der Waals surface area contributed by atoms with Crippen molar-refractivity contribution in [1.29, 1.82) is 0 Å². The van der Waals surface area contributed by atoms with E-state index in [4.69, 9.17) is 0 Å². The van der Waals surface area contributed by atoms with Crippen LogP contribution in [-0.2, 0) is 4.79 Å². The van der Waals surface area contributed by atoms with E-state index in [1.807, 2.05) is 29.6 Å². The molecule has 0 atom stereocenters. The van der Waals surface area contributed by atoms with Gasteiger partial charge in [0.05, 0.1) is 0 Å². The van der Waals surface area contributed by atoms with Crippen molar-refractivity contribution in [2.45, 2.75) is 11.3 Å². The third-order valence-corrected chi connectivity index (χ3v) is 4.82. The molecule has 0 aliphatic carbocycles. The zero-order chi connectivity index (χ0) is 12.8. The Morgan fingerprint density at radius 2 is 2.28 bits per heavy atom. The summed E-state index contributed by atoms with van der Waals surface area (Å²) in [5.41, 5.74) is 0. The van der Waals surface area contributed by atoms with Crippen LogP contribution in [0.3, 0.4) is 0 Å². The Morgan fingerprint density at radius 3 is 3.00 bits per heavy atom. The number of anilines is 1. The standard InChI is InChI=1S/C12H11BrN2OS2/c13-9-3-1-2-4-10(9)17-7-5-11(16)15-12-14-6-8-18-12/h1-4,6,8H,5,7H2,(H,14,15,16). The van der Waals surface area contributed by atoms with Crippen LogP contribution in [0, 0.1) is 0 Å². The predicted molar refractivity (Wildman–Crippen MR) is 80.2 cm³/mol. The molecule has 0 fully saturated rings. The van der Waals surface area contributed by atoms with Gasteiger partial charge >= 0.3 is 0 Å². The summed E-state index contributed by atoms with van der Waals surface area (Å²) in [6.07, 6.45) is 2.15. The van der Waals surface area contributed by atoms with Crippen LogP contribution in [0.15, 0.2) is 45.2 Å². The molecule has 1 aromatic heterocycles. The number of halogens is 1. The summed E-state index contributed by atoms with van der Waals surface area (Å²) >= 11 is 6.57. The molecule has 0 saturated heterocycles. The summed E-state index contributed by atoms with van der Waals surface area (Å²) < 4.78 is 1.07. The monoisotopic (exact) mass is 342 g/mol. The molecule has 0 radical (unpaired) electrons. The van der Waals surface area contributed by atoms with Gasteiger partial charge in [0.2, 0.25) is 5.91 Å². The topological polar surface area (TPSA) is 42.0 Å². The molecule has 1 N–H and O–H groups in total. The zero-order valence-corrected chi connectivity index (χ0v) is 12.6. The second-order valence-corrected chi connectivity index (χ2v) is 6.30. The molecular weight excluding hydrogens is 332 g/mol. The Morgan fingerprint density at radius 1 is 1.44 bits per heavy atom. The molecule has 1 heterocycles. The van der Waals surface area contributed by atoms with Gasteiger partial charge in [-0.05, 0) is 28.1 Å². The number of aromatic nitrogens is 1. The highest BCUT2D eigenvalue weighted by atomic mass is 79.9. The van der Waals surface area contributed by atoms with Crippen LogP contribution in [0.4, 0.5) is 5.13 Å². The number of carbonyl (C=O) groups is 1. The van der Waals surface area contributed by atoms with E-state index in [-0.39, 0.29) is 5.91 Å². The Bertz CT molecular complexity index is 517. The minimum absolute atomic E-state index is 0.00417. The summed E-state index contributed by atoms with van der Waals surface area (Å²) in [5, 5.41) is 5.26. The van der Waals surface area contributed by atoms with E-state index in [2.05, 4.69) is 26.2 Å². The van der Waals surface area contributed by atoms with Crippen molar-refractivity contribution in [3.8, 4) is 0 Å². The third-order valence-electron chi connectivity index (χ3n) is 2.10. The van der Waals surface area contributed by atoms with E-state index >= 15 is 0 Å². The number of carbonyl (C=O) groups excluding carboxylic acids is 1. The number of amides is 1. The lowest BCUT2D eigenvalue weighted by Gasteiger charge is -2.04. The van der Waals surface area contributed by atoms with Crippen molar-refractivity contribution < 1.29 is 4.79 Å². The first-order chi connectivity index (χ1) is 8.75. The summed E-state index contributed by atoms with van der Waals surface area (Å²) in [6, 6.07) is 8.00. The number of benzene rings is 1. The van der Waals surface area contributed by atoms with E-state index in [1.165, 1.54) is 11.3 Å². The summed E-state index contributed by atoms with van der Waals surface area (Å²) in [4.78, 5) is 16.8. The number of thiazole rings is 1. The highest BCUT2D eigenvalue weighted by Gasteiger charge is 2.05. The third kappa shape index (κ3) is 4.12. The molecule has 94 valence electrons. The predicted octanol–water partition coefficient (Wildman–Crippen LogP) is 4.03. The Kier molecular flexibility index (Phi) is 5.22. The van der Waals surface area contributed by atoms with Gasteiger partial charge in [-0.25, -0.2) is 4.98 Å². The quantitative estimate of drug-likeness (QED) is 0.834. The molecule has 0 spiro atoms. The van der Waals surface area contributed by atoms with Crippen molar-refractivity contribution in [3.05, 3.63) is 40.3 Å². The smallest absolute Gasteiger partial charge is 0.226 e. The fourth-order valence-corrected chi connectivity index (χ4v) is 3.34. The van der Waals surface area contributed by atoms with Crippen molar-refractivity contribution >= 4 is 50.1 Å². The van der Waals surface area contributed by atoms with Crippen LogP contribution < -0.4 is 5.32 Å². The van der Waals surface area contributed by atoms with Crippen LogP contribution in [0.2, 0.25) is 0 Å².